The van der Waals surface area contributed by atoms with Crippen LogP contribution in [0.4, 0.5) is 4.79 Å². The van der Waals surface area contributed by atoms with Crippen molar-refractivity contribution < 1.29 is 19.4 Å². The highest BCUT2D eigenvalue weighted by molar-refractivity contribution is 5.76. The van der Waals surface area contributed by atoms with Crippen LogP contribution in [0.25, 0.3) is 0 Å². The smallest absolute Gasteiger partial charge is 0.450 e. The summed E-state index contributed by atoms with van der Waals surface area (Å²) in [7, 11) is 0. The molecular weight excluding hydrogens is 196 g/mol. The molecule has 15 heavy (non-hydrogen) atoms. The lowest BCUT2D eigenvalue weighted by Crippen LogP contribution is -2.30. The van der Waals surface area contributed by atoms with Crippen molar-refractivity contribution in [3.05, 3.63) is 0 Å². The molecule has 1 aliphatic carbocycles. The molecule has 0 aromatic rings. The molecule has 0 bridgehead atoms. The Kier molecular flexibility index (Phi) is 4.59. The fourth-order valence-corrected chi connectivity index (χ4v) is 2.22. The zero-order valence-electron chi connectivity index (χ0n) is 9.07. The van der Waals surface area contributed by atoms with Gasteiger partial charge in [-0.15, -0.1) is 0 Å². The summed E-state index contributed by atoms with van der Waals surface area (Å²) in [4.78, 5) is 21.5. The Morgan fingerprint density at radius 3 is 2.40 bits per heavy atom. The van der Waals surface area contributed by atoms with Crippen LogP contribution >= 0.6 is 0 Å². The maximum Gasteiger partial charge on any atom is 0.506 e. The molecule has 0 radical (unpaired) electrons. The predicted octanol–water partition coefficient (Wildman–Crippen LogP) is 2.61. The SMILES string of the molecule is CC(=O)CC(OC(=O)O)C1CCCCC1. The van der Waals surface area contributed by atoms with Gasteiger partial charge in [-0.05, 0) is 25.7 Å². The molecule has 0 aliphatic heterocycles. The first-order chi connectivity index (χ1) is 7.09. The van der Waals surface area contributed by atoms with Crippen LogP contribution in [0.15, 0.2) is 0 Å². The molecule has 0 saturated heterocycles. The number of carbonyl (C=O) groups excluding carboxylic acids is 1. The van der Waals surface area contributed by atoms with Crippen molar-refractivity contribution in [3.63, 3.8) is 0 Å². The zero-order chi connectivity index (χ0) is 11.3. The summed E-state index contributed by atoms with van der Waals surface area (Å²) in [5, 5.41) is 8.59. The molecule has 0 aromatic carbocycles. The Morgan fingerprint density at radius 1 is 1.33 bits per heavy atom. The lowest BCUT2D eigenvalue weighted by molar-refractivity contribution is -0.120. The maximum absolute atomic E-state index is 11.0. The van der Waals surface area contributed by atoms with Gasteiger partial charge in [-0.1, -0.05) is 19.3 Å². The second-order valence-electron chi connectivity index (χ2n) is 4.23. The minimum atomic E-state index is -1.27. The third-order valence-corrected chi connectivity index (χ3v) is 2.92. The van der Waals surface area contributed by atoms with E-state index < -0.39 is 12.3 Å². The second kappa shape index (κ2) is 5.73. The quantitative estimate of drug-likeness (QED) is 0.730. The standard InChI is InChI=1S/C11H18O4/c1-8(12)7-10(15-11(13)14)9-5-3-2-4-6-9/h9-10H,2-7H2,1H3,(H,13,14). The Labute approximate surface area is 89.6 Å². The van der Waals surface area contributed by atoms with E-state index in [1.807, 2.05) is 0 Å². The van der Waals surface area contributed by atoms with E-state index in [0.29, 0.717) is 0 Å². The monoisotopic (exact) mass is 214 g/mol. The lowest BCUT2D eigenvalue weighted by Gasteiger charge is -2.28. The molecule has 4 nitrogen and oxygen atoms in total. The van der Waals surface area contributed by atoms with Gasteiger partial charge in [-0.25, -0.2) is 4.79 Å². The van der Waals surface area contributed by atoms with Crippen molar-refractivity contribution in [3.8, 4) is 0 Å². The molecule has 86 valence electrons. The summed E-state index contributed by atoms with van der Waals surface area (Å²) in [6.07, 6.45) is 3.90. The maximum atomic E-state index is 11.0. The Morgan fingerprint density at radius 2 is 1.93 bits per heavy atom. The topological polar surface area (TPSA) is 63.6 Å². The first-order valence-electron chi connectivity index (χ1n) is 5.48. The van der Waals surface area contributed by atoms with Gasteiger partial charge < -0.3 is 9.84 Å². The van der Waals surface area contributed by atoms with E-state index in [4.69, 9.17) is 9.84 Å². The zero-order valence-corrected chi connectivity index (χ0v) is 9.07. The Balaban J connectivity index is 2.52. The van der Waals surface area contributed by atoms with Crippen LogP contribution in [0.3, 0.4) is 0 Å². The highest BCUT2D eigenvalue weighted by Crippen LogP contribution is 2.29. The number of ether oxygens (including phenoxy) is 1. The lowest BCUT2D eigenvalue weighted by atomic mass is 9.83. The van der Waals surface area contributed by atoms with Gasteiger partial charge in [0.25, 0.3) is 0 Å². The number of carbonyl (C=O) groups is 2. The summed E-state index contributed by atoms with van der Waals surface area (Å²) in [5.41, 5.74) is 0. The van der Waals surface area contributed by atoms with E-state index >= 15 is 0 Å². The normalized spacial score (nSPS) is 19.5. The molecule has 1 N–H and O–H groups in total. The fraction of sp³-hybridized carbons (Fsp3) is 0.818. The molecule has 1 rings (SSSR count). The molecule has 1 atom stereocenters. The number of carboxylic acid groups (broad SMARTS) is 1. The van der Waals surface area contributed by atoms with Crippen molar-refractivity contribution in [2.24, 2.45) is 5.92 Å². The van der Waals surface area contributed by atoms with Crippen molar-refractivity contribution >= 4 is 11.9 Å². The average molecular weight is 214 g/mol. The van der Waals surface area contributed by atoms with E-state index in [0.717, 1.165) is 25.7 Å². The molecule has 0 aromatic heterocycles. The second-order valence-corrected chi connectivity index (χ2v) is 4.23. The first-order valence-corrected chi connectivity index (χ1v) is 5.48. The van der Waals surface area contributed by atoms with Gasteiger partial charge in [0.2, 0.25) is 0 Å². The molecule has 1 saturated carbocycles. The van der Waals surface area contributed by atoms with Gasteiger partial charge in [0.1, 0.15) is 11.9 Å². The van der Waals surface area contributed by atoms with Crippen LogP contribution in [0.5, 0.6) is 0 Å². The molecule has 0 spiro atoms. The minimum Gasteiger partial charge on any atom is -0.450 e. The van der Waals surface area contributed by atoms with Gasteiger partial charge >= 0.3 is 6.16 Å². The summed E-state index contributed by atoms with van der Waals surface area (Å²) >= 11 is 0. The Hall–Kier alpha value is -1.06. The summed E-state index contributed by atoms with van der Waals surface area (Å²) < 4.78 is 4.80. The molecule has 1 fully saturated rings. The highest BCUT2D eigenvalue weighted by atomic mass is 16.7. The van der Waals surface area contributed by atoms with Crippen molar-refractivity contribution in [2.75, 3.05) is 0 Å². The third-order valence-electron chi connectivity index (χ3n) is 2.92. The van der Waals surface area contributed by atoms with Gasteiger partial charge in [0.15, 0.2) is 0 Å². The van der Waals surface area contributed by atoms with E-state index in [1.165, 1.54) is 13.3 Å². The van der Waals surface area contributed by atoms with Crippen molar-refractivity contribution in [2.45, 2.75) is 51.6 Å². The van der Waals surface area contributed by atoms with Crippen LogP contribution in [-0.2, 0) is 9.53 Å². The minimum absolute atomic E-state index is 0.00757. The summed E-state index contributed by atoms with van der Waals surface area (Å²) in [6, 6.07) is 0. The van der Waals surface area contributed by atoms with Gasteiger partial charge in [0.05, 0.1) is 0 Å². The average Bonchev–Trinajstić information content (AvgIpc) is 2.17. The van der Waals surface area contributed by atoms with Crippen molar-refractivity contribution in [1.82, 2.24) is 0 Å². The fourth-order valence-electron chi connectivity index (χ4n) is 2.22. The first kappa shape index (κ1) is 12.0. The highest BCUT2D eigenvalue weighted by Gasteiger charge is 2.27. The molecule has 4 heteroatoms. The van der Waals surface area contributed by atoms with E-state index in [9.17, 15) is 9.59 Å². The van der Waals surface area contributed by atoms with Crippen LogP contribution in [0.2, 0.25) is 0 Å². The van der Waals surface area contributed by atoms with Gasteiger partial charge in [-0.2, -0.15) is 0 Å². The van der Waals surface area contributed by atoms with E-state index in [-0.39, 0.29) is 18.1 Å². The number of hydrogen-bond donors (Lipinski definition) is 1. The molecular formula is C11H18O4. The largest absolute Gasteiger partial charge is 0.506 e. The molecule has 1 aliphatic rings. The number of rotatable bonds is 4. The van der Waals surface area contributed by atoms with Gasteiger partial charge in [-0.3, -0.25) is 4.79 Å². The Bertz CT molecular complexity index is 215. The molecule has 0 heterocycles. The van der Waals surface area contributed by atoms with E-state index in [2.05, 4.69) is 0 Å². The number of ketones is 1. The summed E-state index contributed by atoms with van der Waals surface area (Å²) in [5.74, 6) is 0.227. The van der Waals surface area contributed by atoms with E-state index in [1.54, 1.807) is 0 Å². The van der Waals surface area contributed by atoms with Crippen LogP contribution in [0.1, 0.15) is 45.4 Å². The number of Topliss-reactive ketones (excluding diaryl/α,β-unsaturated/α-hetero) is 1. The number of hydrogen-bond acceptors (Lipinski definition) is 3. The van der Waals surface area contributed by atoms with Crippen LogP contribution in [0, 0.1) is 5.92 Å². The predicted molar refractivity (Wildman–Crippen MR) is 54.8 cm³/mol. The van der Waals surface area contributed by atoms with Gasteiger partial charge in [0, 0.05) is 6.42 Å². The van der Waals surface area contributed by atoms with Crippen molar-refractivity contribution in [1.29, 1.82) is 0 Å². The third kappa shape index (κ3) is 4.32. The molecule has 1 unspecified atom stereocenters. The molecule has 0 amide bonds. The van der Waals surface area contributed by atoms with Crippen LogP contribution in [-0.4, -0.2) is 23.1 Å². The van der Waals surface area contributed by atoms with Crippen LogP contribution < -0.4 is 0 Å². The summed E-state index contributed by atoms with van der Waals surface area (Å²) in [6.45, 7) is 1.47.